The standard InChI is InChI=1S/C12H9ClF3NO/c1-8(18)17-6-2-3-9-4-5-10(13)7-11(9)12(14,15)16/h4-5,7H,6H2,1H3,(H,17,18). The predicted octanol–water partition coefficient (Wildman–Crippen LogP) is 2.85. The smallest absolute Gasteiger partial charge is 0.345 e. The summed E-state index contributed by atoms with van der Waals surface area (Å²) in [5.74, 6) is 4.50. The number of carbonyl (C=O) groups excluding carboxylic acids is 1. The van der Waals surface area contributed by atoms with E-state index in [4.69, 9.17) is 11.6 Å². The van der Waals surface area contributed by atoms with Crippen LogP contribution in [-0.2, 0) is 11.0 Å². The van der Waals surface area contributed by atoms with Gasteiger partial charge < -0.3 is 5.32 Å². The molecule has 0 aliphatic heterocycles. The van der Waals surface area contributed by atoms with E-state index < -0.39 is 11.7 Å². The summed E-state index contributed by atoms with van der Waals surface area (Å²) in [5, 5.41) is 2.36. The fourth-order valence-electron chi connectivity index (χ4n) is 1.17. The maximum absolute atomic E-state index is 12.7. The maximum Gasteiger partial charge on any atom is 0.417 e. The van der Waals surface area contributed by atoms with Gasteiger partial charge in [-0.2, -0.15) is 13.2 Å². The summed E-state index contributed by atoms with van der Waals surface area (Å²) in [6.07, 6.45) is -4.51. The molecular formula is C12H9ClF3NO. The molecule has 0 fully saturated rings. The van der Waals surface area contributed by atoms with Gasteiger partial charge in [0.2, 0.25) is 5.91 Å². The molecular weight excluding hydrogens is 267 g/mol. The first-order valence-electron chi connectivity index (χ1n) is 4.91. The summed E-state index contributed by atoms with van der Waals surface area (Å²) in [6.45, 7) is 1.29. The minimum atomic E-state index is -4.51. The van der Waals surface area contributed by atoms with Crippen molar-refractivity contribution in [2.24, 2.45) is 0 Å². The second-order valence-corrected chi connectivity index (χ2v) is 3.84. The first kappa shape index (κ1) is 14.4. The molecule has 0 aliphatic rings. The monoisotopic (exact) mass is 275 g/mol. The molecule has 0 spiro atoms. The van der Waals surface area contributed by atoms with Crippen molar-refractivity contribution in [3.63, 3.8) is 0 Å². The second kappa shape index (κ2) is 5.78. The number of halogens is 4. The fourth-order valence-corrected chi connectivity index (χ4v) is 1.34. The van der Waals surface area contributed by atoms with Crippen molar-refractivity contribution >= 4 is 17.5 Å². The van der Waals surface area contributed by atoms with Gasteiger partial charge >= 0.3 is 6.18 Å². The number of nitrogens with one attached hydrogen (secondary N) is 1. The molecule has 0 atom stereocenters. The summed E-state index contributed by atoms with van der Waals surface area (Å²) in [4.78, 5) is 10.5. The molecule has 2 nitrogen and oxygen atoms in total. The highest BCUT2D eigenvalue weighted by atomic mass is 35.5. The molecule has 0 bridgehead atoms. The molecule has 1 aromatic carbocycles. The predicted molar refractivity (Wildman–Crippen MR) is 62.0 cm³/mol. The van der Waals surface area contributed by atoms with Crippen molar-refractivity contribution in [2.45, 2.75) is 13.1 Å². The van der Waals surface area contributed by atoms with Gasteiger partial charge in [-0.05, 0) is 18.2 Å². The molecule has 1 amide bonds. The van der Waals surface area contributed by atoms with E-state index in [-0.39, 0.29) is 23.0 Å². The number of benzene rings is 1. The number of carbonyl (C=O) groups is 1. The van der Waals surface area contributed by atoms with E-state index in [9.17, 15) is 18.0 Å². The Morgan fingerprint density at radius 2 is 2.11 bits per heavy atom. The Balaban J connectivity index is 2.98. The molecule has 6 heteroatoms. The van der Waals surface area contributed by atoms with Crippen molar-refractivity contribution in [2.75, 3.05) is 6.54 Å². The maximum atomic E-state index is 12.7. The zero-order valence-electron chi connectivity index (χ0n) is 9.36. The lowest BCUT2D eigenvalue weighted by Gasteiger charge is -2.09. The van der Waals surface area contributed by atoms with E-state index in [1.807, 2.05) is 0 Å². The van der Waals surface area contributed by atoms with Crippen LogP contribution in [0.2, 0.25) is 5.02 Å². The highest BCUT2D eigenvalue weighted by molar-refractivity contribution is 6.30. The molecule has 0 aliphatic carbocycles. The first-order valence-corrected chi connectivity index (χ1v) is 5.28. The average Bonchev–Trinajstić information content (AvgIpc) is 2.24. The van der Waals surface area contributed by atoms with Crippen LogP contribution in [0.5, 0.6) is 0 Å². The summed E-state index contributed by atoms with van der Waals surface area (Å²) in [7, 11) is 0. The van der Waals surface area contributed by atoms with E-state index in [2.05, 4.69) is 17.2 Å². The molecule has 0 radical (unpaired) electrons. The Labute approximate surface area is 107 Å². The van der Waals surface area contributed by atoms with Gasteiger partial charge in [-0.25, -0.2) is 0 Å². The summed E-state index contributed by atoms with van der Waals surface area (Å²) in [6, 6.07) is 3.36. The van der Waals surface area contributed by atoms with E-state index >= 15 is 0 Å². The third kappa shape index (κ3) is 4.30. The minimum absolute atomic E-state index is 0.00471. The van der Waals surface area contributed by atoms with Crippen LogP contribution in [0.1, 0.15) is 18.1 Å². The van der Waals surface area contributed by atoms with E-state index in [0.29, 0.717) is 0 Å². The first-order chi connectivity index (χ1) is 8.30. The van der Waals surface area contributed by atoms with Crippen LogP contribution in [-0.4, -0.2) is 12.5 Å². The van der Waals surface area contributed by atoms with Crippen LogP contribution in [0.4, 0.5) is 13.2 Å². The van der Waals surface area contributed by atoms with Gasteiger partial charge in [0.25, 0.3) is 0 Å². The number of rotatable bonds is 1. The molecule has 0 heterocycles. The molecule has 1 N–H and O–H groups in total. The van der Waals surface area contributed by atoms with E-state index in [0.717, 1.165) is 6.07 Å². The van der Waals surface area contributed by atoms with Crippen LogP contribution < -0.4 is 5.32 Å². The Morgan fingerprint density at radius 1 is 1.44 bits per heavy atom. The highest BCUT2D eigenvalue weighted by Crippen LogP contribution is 2.33. The molecule has 96 valence electrons. The Kier molecular flexibility index (Phi) is 4.62. The van der Waals surface area contributed by atoms with Gasteiger partial charge in [0.1, 0.15) is 0 Å². The Morgan fingerprint density at radius 3 is 2.67 bits per heavy atom. The second-order valence-electron chi connectivity index (χ2n) is 3.40. The Bertz CT molecular complexity index is 514. The summed E-state index contributed by atoms with van der Waals surface area (Å²) >= 11 is 5.52. The third-order valence-corrected chi connectivity index (χ3v) is 2.17. The fraction of sp³-hybridized carbons (Fsp3) is 0.250. The molecule has 1 aromatic rings. The normalized spacial score (nSPS) is 10.5. The lowest BCUT2D eigenvalue weighted by Crippen LogP contribution is -2.19. The van der Waals surface area contributed by atoms with Crippen LogP contribution >= 0.6 is 11.6 Å². The Hall–Kier alpha value is -1.67. The van der Waals surface area contributed by atoms with Crippen LogP contribution in [0.25, 0.3) is 0 Å². The largest absolute Gasteiger partial charge is 0.417 e. The van der Waals surface area contributed by atoms with Crippen LogP contribution in [0.3, 0.4) is 0 Å². The average molecular weight is 276 g/mol. The van der Waals surface area contributed by atoms with Gasteiger partial charge in [-0.15, -0.1) is 0 Å². The van der Waals surface area contributed by atoms with Crippen molar-refractivity contribution in [3.05, 3.63) is 34.3 Å². The molecule has 1 rings (SSSR count). The molecule has 0 saturated carbocycles. The van der Waals surface area contributed by atoms with Gasteiger partial charge in [-0.1, -0.05) is 23.4 Å². The van der Waals surface area contributed by atoms with Gasteiger partial charge in [0.05, 0.1) is 12.1 Å². The van der Waals surface area contributed by atoms with Gasteiger partial charge in [-0.3, -0.25) is 4.79 Å². The summed E-state index contributed by atoms with van der Waals surface area (Å²) in [5.41, 5.74) is -1.05. The number of alkyl halides is 3. The van der Waals surface area contributed by atoms with Crippen LogP contribution in [0.15, 0.2) is 18.2 Å². The van der Waals surface area contributed by atoms with Gasteiger partial charge in [0, 0.05) is 17.5 Å². The van der Waals surface area contributed by atoms with Crippen molar-refractivity contribution < 1.29 is 18.0 Å². The topological polar surface area (TPSA) is 29.1 Å². The lowest BCUT2D eigenvalue weighted by atomic mass is 10.1. The molecule has 18 heavy (non-hydrogen) atoms. The third-order valence-electron chi connectivity index (χ3n) is 1.94. The quantitative estimate of drug-likeness (QED) is 0.785. The minimum Gasteiger partial charge on any atom is -0.345 e. The van der Waals surface area contributed by atoms with Crippen molar-refractivity contribution in [1.82, 2.24) is 5.32 Å². The summed E-state index contributed by atoms with van der Waals surface area (Å²) < 4.78 is 38.0. The zero-order valence-corrected chi connectivity index (χ0v) is 10.1. The lowest BCUT2D eigenvalue weighted by molar-refractivity contribution is -0.137. The van der Waals surface area contributed by atoms with Crippen molar-refractivity contribution in [3.8, 4) is 11.8 Å². The van der Waals surface area contributed by atoms with E-state index in [1.165, 1.54) is 19.1 Å². The molecule has 0 saturated heterocycles. The van der Waals surface area contributed by atoms with Crippen LogP contribution in [0, 0.1) is 11.8 Å². The number of hydrogen-bond acceptors (Lipinski definition) is 1. The molecule has 0 aromatic heterocycles. The zero-order chi connectivity index (χ0) is 13.8. The number of hydrogen-bond donors (Lipinski definition) is 1. The van der Waals surface area contributed by atoms with Gasteiger partial charge in [0.15, 0.2) is 0 Å². The molecule has 0 unspecified atom stereocenters. The number of amides is 1. The highest BCUT2D eigenvalue weighted by Gasteiger charge is 2.33. The SMILES string of the molecule is CC(=O)NCC#Cc1ccc(Cl)cc1C(F)(F)F. The van der Waals surface area contributed by atoms with Crippen molar-refractivity contribution in [1.29, 1.82) is 0 Å². The van der Waals surface area contributed by atoms with E-state index in [1.54, 1.807) is 0 Å².